The molecule has 1 N–H and O–H groups in total. The topological polar surface area (TPSA) is 76.3 Å². The number of hydrazone groups is 1. The van der Waals surface area contributed by atoms with Crippen molar-refractivity contribution in [3.8, 4) is 5.69 Å². The van der Waals surface area contributed by atoms with Crippen LogP contribution in [0, 0.1) is 6.92 Å². The van der Waals surface area contributed by atoms with Gasteiger partial charge in [-0.25, -0.2) is 9.51 Å². The van der Waals surface area contributed by atoms with E-state index in [2.05, 4.69) is 31.0 Å². The number of halogens is 2. The fourth-order valence-corrected chi connectivity index (χ4v) is 3.60. The SMILES string of the molecule is Cc1nn(-c2ccccc2)c(Cl)c1/C=N\NS(=O)(=O)c1ccc(Br)cc1. The molecule has 0 fully saturated rings. The number of benzene rings is 2. The van der Waals surface area contributed by atoms with E-state index in [1.54, 1.807) is 23.7 Å². The minimum Gasteiger partial charge on any atom is -0.221 e. The zero-order chi connectivity index (χ0) is 18.7. The second-order valence-corrected chi connectivity index (χ2v) is 8.28. The highest BCUT2D eigenvalue weighted by Crippen LogP contribution is 2.22. The quantitative estimate of drug-likeness (QED) is 0.470. The third-order valence-electron chi connectivity index (χ3n) is 3.54. The monoisotopic (exact) mass is 452 g/mol. The molecule has 0 radical (unpaired) electrons. The Morgan fingerprint density at radius 3 is 2.46 bits per heavy atom. The summed E-state index contributed by atoms with van der Waals surface area (Å²) in [4.78, 5) is 2.29. The molecule has 0 aliphatic heterocycles. The summed E-state index contributed by atoms with van der Waals surface area (Å²) in [7, 11) is -3.76. The summed E-state index contributed by atoms with van der Waals surface area (Å²) < 4.78 is 26.8. The molecule has 1 aromatic heterocycles. The van der Waals surface area contributed by atoms with Crippen LogP contribution in [0.1, 0.15) is 11.3 Å². The highest BCUT2D eigenvalue weighted by Gasteiger charge is 2.15. The van der Waals surface area contributed by atoms with E-state index in [4.69, 9.17) is 11.6 Å². The molecule has 0 bridgehead atoms. The van der Waals surface area contributed by atoms with E-state index in [1.165, 1.54) is 18.3 Å². The zero-order valence-corrected chi connectivity index (χ0v) is 16.8. The summed E-state index contributed by atoms with van der Waals surface area (Å²) in [6, 6.07) is 15.6. The molecule has 2 aromatic carbocycles. The Hall–Kier alpha value is -2.16. The molecule has 134 valence electrons. The Balaban J connectivity index is 1.83. The van der Waals surface area contributed by atoms with E-state index >= 15 is 0 Å². The number of hydrogen-bond donors (Lipinski definition) is 1. The fourth-order valence-electron chi connectivity index (χ4n) is 2.22. The van der Waals surface area contributed by atoms with Gasteiger partial charge in [-0.05, 0) is 43.3 Å². The lowest BCUT2D eigenvalue weighted by Gasteiger charge is -2.03. The molecule has 0 saturated carbocycles. The van der Waals surface area contributed by atoms with Gasteiger partial charge in [0.2, 0.25) is 0 Å². The average Bonchev–Trinajstić information content (AvgIpc) is 2.91. The fraction of sp³-hybridized carbons (Fsp3) is 0.0588. The van der Waals surface area contributed by atoms with Crippen LogP contribution in [0.3, 0.4) is 0 Å². The van der Waals surface area contributed by atoms with E-state index in [0.717, 1.165) is 10.2 Å². The standard InChI is InChI=1S/C17H14BrClN4O2S/c1-12-16(17(19)23(21-12)14-5-3-2-4-6-14)11-20-22-26(24,25)15-9-7-13(18)8-10-15/h2-11,22H,1H3/b20-11-. The van der Waals surface area contributed by atoms with E-state index in [9.17, 15) is 8.42 Å². The first kappa shape index (κ1) is 18.6. The van der Waals surface area contributed by atoms with Gasteiger partial charge in [-0.2, -0.15) is 18.6 Å². The van der Waals surface area contributed by atoms with E-state index < -0.39 is 10.0 Å². The van der Waals surface area contributed by atoms with Crippen LogP contribution in [-0.4, -0.2) is 24.4 Å². The number of hydrogen-bond acceptors (Lipinski definition) is 4. The summed E-state index contributed by atoms with van der Waals surface area (Å²) in [6.45, 7) is 1.77. The summed E-state index contributed by atoms with van der Waals surface area (Å²) in [5.74, 6) is 0. The summed E-state index contributed by atoms with van der Waals surface area (Å²) in [6.07, 6.45) is 1.35. The third-order valence-corrected chi connectivity index (χ3v) is 5.67. The lowest BCUT2D eigenvalue weighted by molar-refractivity contribution is 0.584. The maximum Gasteiger partial charge on any atom is 0.276 e. The van der Waals surface area contributed by atoms with Crippen molar-refractivity contribution in [3.63, 3.8) is 0 Å². The highest BCUT2D eigenvalue weighted by atomic mass is 79.9. The van der Waals surface area contributed by atoms with Crippen LogP contribution >= 0.6 is 27.5 Å². The first-order chi connectivity index (χ1) is 12.4. The van der Waals surface area contributed by atoms with E-state index in [0.29, 0.717) is 16.4 Å². The van der Waals surface area contributed by atoms with Gasteiger partial charge in [0, 0.05) is 4.47 Å². The Morgan fingerprint density at radius 2 is 1.81 bits per heavy atom. The van der Waals surface area contributed by atoms with Gasteiger partial charge in [0.25, 0.3) is 10.0 Å². The number of aryl methyl sites for hydroxylation is 1. The molecule has 0 aliphatic carbocycles. The van der Waals surface area contributed by atoms with Gasteiger partial charge in [0.1, 0.15) is 5.15 Å². The summed E-state index contributed by atoms with van der Waals surface area (Å²) in [5.41, 5.74) is 1.97. The van der Waals surface area contributed by atoms with Crippen LogP contribution in [0.25, 0.3) is 5.69 Å². The van der Waals surface area contributed by atoms with Crippen LogP contribution in [0.5, 0.6) is 0 Å². The number of para-hydroxylation sites is 1. The smallest absolute Gasteiger partial charge is 0.221 e. The second-order valence-electron chi connectivity index (χ2n) is 5.34. The van der Waals surface area contributed by atoms with Crippen molar-refractivity contribution in [1.29, 1.82) is 0 Å². The molecule has 9 heteroatoms. The number of nitrogens with one attached hydrogen (secondary N) is 1. The van der Waals surface area contributed by atoms with Crippen molar-refractivity contribution >= 4 is 43.8 Å². The minimum atomic E-state index is -3.76. The Bertz CT molecular complexity index is 1050. The van der Waals surface area contributed by atoms with Crippen LogP contribution in [0.2, 0.25) is 5.15 Å². The molecule has 0 spiro atoms. The highest BCUT2D eigenvalue weighted by molar-refractivity contribution is 9.10. The van der Waals surface area contributed by atoms with Gasteiger partial charge in [-0.15, -0.1) is 0 Å². The number of sulfonamides is 1. The van der Waals surface area contributed by atoms with Crippen molar-refractivity contribution in [2.45, 2.75) is 11.8 Å². The van der Waals surface area contributed by atoms with Gasteiger partial charge < -0.3 is 0 Å². The Labute approximate surface area is 164 Å². The third kappa shape index (κ3) is 3.98. The molecule has 3 rings (SSSR count). The lowest BCUT2D eigenvalue weighted by Crippen LogP contribution is -2.18. The van der Waals surface area contributed by atoms with Gasteiger partial charge in [0.15, 0.2) is 0 Å². The molecule has 1 heterocycles. The Kier molecular flexibility index (Phi) is 5.45. The van der Waals surface area contributed by atoms with Crippen molar-refractivity contribution in [2.75, 3.05) is 0 Å². The predicted molar refractivity (Wildman–Crippen MR) is 105 cm³/mol. The average molecular weight is 454 g/mol. The molecule has 26 heavy (non-hydrogen) atoms. The second kappa shape index (κ2) is 7.61. The molecule has 6 nitrogen and oxygen atoms in total. The van der Waals surface area contributed by atoms with Crippen LogP contribution < -0.4 is 4.83 Å². The van der Waals surface area contributed by atoms with Gasteiger partial charge in [-0.1, -0.05) is 45.7 Å². The van der Waals surface area contributed by atoms with Crippen molar-refractivity contribution in [1.82, 2.24) is 14.6 Å². The molecule has 0 aliphatic rings. The number of nitrogens with zero attached hydrogens (tertiary/aromatic N) is 3. The predicted octanol–water partition coefficient (Wildman–Crippen LogP) is 3.91. The molecular weight excluding hydrogens is 440 g/mol. The Morgan fingerprint density at radius 1 is 1.15 bits per heavy atom. The zero-order valence-electron chi connectivity index (χ0n) is 13.6. The molecule has 0 amide bonds. The normalized spacial score (nSPS) is 11.8. The maximum absolute atomic E-state index is 12.2. The molecule has 0 unspecified atom stereocenters. The maximum atomic E-state index is 12.2. The number of aromatic nitrogens is 2. The largest absolute Gasteiger partial charge is 0.276 e. The van der Waals surface area contributed by atoms with Crippen LogP contribution in [0.4, 0.5) is 0 Å². The molecule has 0 atom stereocenters. The van der Waals surface area contributed by atoms with Gasteiger partial charge in [0.05, 0.1) is 28.1 Å². The molecule has 0 saturated heterocycles. The van der Waals surface area contributed by atoms with Crippen molar-refractivity contribution in [2.24, 2.45) is 5.10 Å². The first-order valence-corrected chi connectivity index (χ1v) is 10.1. The number of rotatable bonds is 5. The van der Waals surface area contributed by atoms with E-state index in [1.807, 2.05) is 30.3 Å². The first-order valence-electron chi connectivity index (χ1n) is 7.49. The molecule has 3 aromatic rings. The molecular formula is C17H14BrClN4O2S. The van der Waals surface area contributed by atoms with Crippen LogP contribution in [-0.2, 0) is 10.0 Å². The van der Waals surface area contributed by atoms with Gasteiger partial charge >= 0.3 is 0 Å². The lowest BCUT2D eigenvalue weighted by atomic mass is 10.3. The van der Waals surface area contributed by atoms with E-state index in [-0.39, 0.29) is 4.90 Å². The van der Waals surface area contributed by atoms with Crippen LogP contribution in [0.15, 0.2) is 69.1 Å². The van der Waals surface area contributed by atoms with Crippen molar-refractivity contribution < 1.29 is 8.42 Å². The summed E-state index contributed by atoms with van der Waals surface area (Å²) >= 11 is 9.64. The van der Waals surface area contributed by atoms with Crippen molar-refractivity contribution in [3.05, 3.63) is 75.5 Å². The minimum absolute atomic E-state index is 0.112. The summed E-state index contributed by atoms with van der Waals surface area (Å²) in [5, 5.41) is 8.55. The van der Waals surface area contributed by atoms with Gasteiger partial charge in [-0.3, -0.25) is 0 Å².